The summed E-state index contributed by atoms with van der Waals surface area (Å²) in [5.41, 5.74) is 0. The van der Waals surface area contributed by atoms with Crippen LogP contribution < -0.4 is 0 Å². The number of carbonyl (C=O) groups is 2. The molecule has 8 N–H and O–H groups in total. The molecular formula is C36H71O19P3S. The number of hydrogen-bond acceptors (Lipinski definition) is 14. The fourth-order valence-corrected chi connectivity index (χ4v) is 7.44. The van der Waals surface area contributed by atoms with E-state index in [2.05, 4.69) is 57.4 Å². The summed E-state index contributed by atoms with van der Waals surface area (Å²) in [5, 5.41) is 31.6. The number of unbranched alkanes of at least 4 members (excludes halogenated alkanes) is 12. The molecule has 8 atom stereocenters. The molecule has 1 saturated carbocycles. The van der Waals surface area contributed by atoms with Crippen LogP contribution in [0.5, 0.6) is 0 Å². The van der Waals surface area contributed by atoms with Gasteiger partial charge < -0.3 is 49.3 Å². The second-order valence-electron chi connectivity index (χ2n) is 12.8. The highest BCUT2D eigenvalue weighted by Gasteiger charge is 2.56. The predicted molar refractivity (Wildman–Crippen MR) is 233 cm³/mol. The average Bonchev–Trinajstić information content (AvgIpc) is 3.14. The number of phosphoric acid groups is 3. The van der Waals surface area contributed by atoms with Crippen LogP contribution in [0, 0.1) is 59.7 Å². The van der Waals surface area contributed by atoms with Crippen molar-refractivity contribution < 1.29 is 103 Å². The summed E-state index contributed by atoms with van der Waals surface area (Å²) in [7, 11) is -16.7. The third kappa shape index (κ3) is 27.0. The Labute approximate surface area is 364 Å². The first-order chi connectivity index (χ1) is 27.3. The number of aliphatic hydroxyl groups is 3. The lowest BCUT2D eigenvalue weighted by Crippen LogP contribution is -2.65. The molecule has 59 heavy (non-hydrogen) atoms. The third-order valence-electron chi connectivity index (χ3n) is 8.01. The third-order valence-corrected chi connectivity index (χ3v) is 10.0. The maximum Gasteiger partial charge on any atom is 0.472 e. The monoisotopic (exact) mass is 932 g/mol. The van der Waals surface area contributed by atoms with E-state index in [0.29, 0.717) is 12.8 Å². The van der Waals surface area contributed by atoms with Crippen molar-refractivity contribution in [1.29, 1.82) is 0 Å². The zero-order valence-electron chi connectivity index (χ0n) is 32.3. The summed E-state index contributed by atoms with van der Waals surface area (Å²) >= 11 is 0. The van der Waals surface area contributed by atoms with Gasteiger partial charge in [0.05, 0.1) is 6.61 Å². The molecule has 1 aliphatic carbocycles. The van der Waals surface area contributed by atoms with Crippen LogP contribution >= 0.6 is 37.0 Å². The van der Waals surface area contributed by atoms with Crippen molar-refractivity contribution in [2.45, 2.75) is 140 Å². The van der Waals surface area contributed by atoms with E-state index >= 15 is 0 Å². The zero-order valence-corrected chi connectivity index (χ0v) is 36.0. The molecule has 1 aliphatic rings. The highest BCUT2D eigenvalue weighted by Crippen LogP contribution is 2.51. The van der Waals surface area contributed by atoms with E-state index in [0.717, 1.165) is 25.7 Å². The predicted octanol–water partition coefficient (Wildman–Crippen LogP) is 4.45. The number of hydrogen-bond donors (Lipinski definition) is 8. The van der Waals surface area contributed by atoms with Crippen molar-refractivity contribution in [3.05, 3.63) is 0 Å². The van der Waals surface area contributed by atoms with Gasteiger partial charge in [-0.3, -0.25) is 22.9 Å². The van der Waals surface area contributed by atoms with Crippen LogP contribution in [-0.4, -0.2) is 108 Å². The Morgan fingerprint density at radius 2 is 1.07 bits per heavy atom. The number of carbonyl (C=O) groups excluding carboxylic acids is 2. The smallest absolute Gasteiger partial charge is 0.456 e. The normalized spacial score (nSPS) is 21.4. The van der Waals surface area contributed by atoms with Crippen LogP contribution in [-0.2, 0) is 50.9 Å². The van der Waals surface area contributed by atoms with Gasteiger partial charge in [-0.25, -0.2) is 18.5 Å². The molecule has 1 rings (SSSR count). The highest BCUT2D eigenvalue weighted by atomic mass is 32.1. The molecule has 0 aliphatic heterocycles. The molecule has 0 bridgehead atoms. The molecule has 23 heteroatoms. The summed E-state index contributed by atoms with van der Waals surface area (Å²) in [6.45, 7) is 0.379. The molecule has 0 radical (unpaired) electrons. The van der Waals surface area contributed by atoms with Crippen molar-refractivity contribution in [2.75, 3.05) is 13.2 Å². The first-order valence-electron chi connectivity index (χ1n) is 18.3. The molecular weight excluding hydrogens is 861 g/mol. The number of aliphatic hydroxyl groups excluding tert-OH is 3. The lowest BCUT2D eigenvalue weighted by Gasteiger charge is -2.44. The Morgan fingerprint density at radius 3 is 1.56 bits per heavy atom. The van der Waals surface area contributed by atoms with Gasteiger partial charge in [0, 0.05) is 25.2 Å². The summed E-state index contributed by atoms with van der Waals surface area (Å²) in [4.78, 5) is 72.1. The molecule has 0 heterocycles. The van der Waals surface area contributed by atoms with Crippen LogP contribution in [0.1, 0.15) is 110 Å². The van der Waals surface area contributed by atoms with E-state index in [1.165, 1.54) is 44.9 Å². The molecule has 350 valence electrons. The van der Waals surface area contributed by atoms with Crippen molar-refractivity contribution in [1.82, 2.24) is 0 Å². The van der Waals surface area contributed by atoms with E-state index in [9.17, 15) is 53.3 Å². The SMILES string of the molecule is C#CC#CC#CC#CC#CC(=O)OC[C@H](COP(=O)(O)OC1C(O)[C@@H](O)C(OP(=O)(O)O)[C@@H](OP(=O)(O)O)[C@H]1O)OC(=O)CCCCCCCCCCCCCCC.S.[HH].[HH].[HH].[HH].[HH].[HH].[HH].[HH].[HH]. The first kappa shape index (κ1) is 56.3. The van der Waals surface area contributed by atoms with Crippen LogP contribution in [0.4, 0.5) is 0 Å². The fourth-order valence-electron chi connectivity index (χ4n) is 5.34. The number of terminal acetylenes is 1. The highest BCUT2D eigenvalue weighted by molar-refractivity contribution is 7.59. The quantitative estimate of drug-likeness (QED) is 0.0195. The Morgan fingerprint density at radius 1 is 0.627 bits per heavy atom. The maximum atomic E-state index is 12.9. The van der Waals surface area contributed by atoms with E-state index in [4.69, 9.17) is 34.7 Å². The fraction of sp³-hybridized carbons (Fsp3) is 0.667. The molecule has 0 spiro atoms. The second kappa shape index (κ2) is 30.3. The van der Waals surface area contributed by atoms with Gasteiger partial charge in [0.25, 0.3) is 0 Å². The van der Waals surface area contributed by atoms with Crippen molar-refractivity contribution in [3.8, 4) is 59.7 Å². The molecule has 0 saturated heterocycles. The van der Waals surface area contributed by atoms with Crippen LogP contribution in [0.25, 0.3) is 0 Å². The van der Waals surface area contributed by atoms with Gasteiger partial charge in [0.2, 0.25) is 0 Å². The first-order valence-corrected chi connectivity index (χ1v) is 22.9. The van der Waals surface area contributed by atoms with E-state index in [-0.39, 0.29) is 32.8 Å². The van der Waals surface area contributed by atoms with Crippen LogP contribution in [0.3, 0.4) is 0 Å². The molecule has 4 unspecified atom stereocenters. The minimum Gasteiger partial charge on any atom is -0.456 e. The molecule has 0 aromatic carbocycles. The van der Waals surface area contributed by atoms with Gasteiger partial charge in [0.15, 0.2) is 6.10 Å². The van der Waals surface area contributed by atoms with Gasteiger partial charge in [-0.2, -0.15) is 13.5 Å². The number of phosphoric ester groups is 3. The number of ether oxygens (including phenoxy) is 2. The minimum absolute atomic E-state index is 0. The van der Waals surface area contributed by atoms with E-state index in [1.54, 1.807) is 0 Å². The summed E-state index contributed by atoms with van der Waals surface area (Å²) in [5.74, 6) is 17.9. The minimum atomic E-state index is -5.62. The standard InChI is InChI=1S/C36H51O19P3.H2S.9H2/c1-3-5-7-9-11-13-14-15-16-17-19-21-23-25-30(38)52-28(26-50-29(37)24-22-20-18-12-10-8-6-4-2)27-51-58(48,49)55-34-31(39)32(40)35(53-56(42,43)44)36(33(34)41)54-57(45,46)47;;;;;;;;;;/h2,28,31-36,39-41H,3,5,7,9,11,13-17,19,21,23,25-27H2,1H3,(H,48,49)(H2,42,43,44)(H2,45,46,47);1H2;9*1H/t28-,31?,32-,33+,34?,35?,36+;;;;;;;;;;/m1........../s1. The van der Waals surface area contributed by atoms with Gasteiger partial charge in [-0.15, -0.1) is 6.42 Å². The topological polar surface area (TPSA) is 303 Å². The van der Waals surface area contributed by atoms with Gasteiger partial charge in [-0.05, 0) is 53.8 Å². The lowest BCUT2D eigenvalue weighted by molar-refractivity contribution is -0.213. The summed E-state index contributed by atoms with van der Waals surface area (Å²) in [6.07, 6.45) is 2.00. The summed E-state index contributed by atoms with van der Waals surface area (Å²) < 4.78 is 64.3. The van der Waals surface area contributed by atoms with Crippen molar-refractivity contribution >= 4 is 48.9 Å². The second-order valence-corrected chi connectivity index (χ2v) is 16.6. The van der Waals surface area contributed by atoms with Gasteiger partial charge >= 0.3 is 35.4 Å². The Balaban J connectivity index is -0.000000420. The molecule has 0 aromatic heterocycles. The van der Waals surface area contributed by atoms with E-state index in [1.807, 2.05) is 11.8 Å². The van der Waals surface area contributed by atoms with Crippen molar-refractivity contribution in [2.24, 2.45) is 0 Å². The lowest BCUT2D eigenvalue weighted by atomic mass is 9.85. The Bertz CT molecular complexity index is 1780. The molecule has 1 fully saturated rings. The molecule has 0 aromatic rings. The average molecular weight is 933 g/mol. The van der Waals surface area contributed by atoms with Crippen molar-refractivity contribution in [3.63, 3.8) is 0 Å². The Hall–Kier alpha value is -2.70. The molecule has 0 amide bonds. The maximum absolute atomic E-state index is 12.9. The Kier molecular flexibility index (Phi) is 29.0. The summed E-state index contributed by atoms with van der Waals surface area (Å²) in [6, 6.07) is 0. The number of esters is 2. The molecule has 19 nitrogen and oxygen atoms in total. The van der Waals surface area contributed by atoms with E-state index < -0.39 is 91.3 Å². The largest absolute Gasteiger partial charge is 0.472 e. The zero-order chi connectivity index (χ0) is 43.6. The van der Waals surface area contributed by atoms with Crippen LogP contribution in [0.15, 0.2) is 0 Å². The van der Waals surface area contributed by atoms with Gasteiger partial charge in [0.1, 0.15) is 43.2 Å². The number of rotatable bonds is 26. The van der Waals surface area contributed by atoms with Crippen LogP contribution in [0.2, 0.25) is 0 Å². The van der Waals surface area contributed by atoms with Gasteiger partial charge in [-0.1, -0.05) is 84.0 Å².